The SMILES string of the molecule is COc1ccc(C(=O)COC(=O)c2ccc(CO)cc2)cc1OC. The van der Waals surface area contributed by atoms with Crippen LogP contribution in [0.15, 0.2) is 42.5 Å². The molecule has 0 aliphatic carbocycles. The number of hydrogen-bond acceptors (Lipinski definition) is 6. The minimum Gasteiger partial charge on any atom is -0.493 e. The minimum atomic E-state index is -0.603. The molecule has 24 heavy (non-hydrogen) atoms. The number of Topliss-reactive ketones (excluding diaryl/α,β-unsaturated/α-hetero) is 1. The molecule has 0 bridgehead atoms. The Labute approximate surface area is 139 Å². The van der Waals surface area contributed by atoms with Gasteiger partial charge in [-0.2, -0.15) is 0 Å². The molecule has 0 aliphatic heterocycles. The molecule has 0 saturated carbocycles. The molecule has 0 unspecified atom stereocenters. The van der Waals surface area contributed by atoms with E-state index in [4.69, 9.17) is 19.3 Å². The van der Waals surface area contributed by atoms with Crippen LogP contribution in [-0.2, 0) is 11.3 Å². The first-order valence-electron chi connectivity index (χ1n) is 7.21. The summed E-state index contributed by atoms with van der Waals surface area (Å²) < 4.78 is 15.3. The van der Waals surface area contributed by atoms with Crippen molar-refractivity contribution < 1.29 is 28.9 Å². The van der Waals surface area contributed by atoms with Crippen LogP contribution in [0.3, 0.4) is 0 Å². The molecule has 126 valence electrons. The van der Waals surface area contributed by atoms with Crippen molar-refractivity contribution in [2.75, 3.05) is 20.8 Å². The molecule has 0 saturated heterocycles. The zero-order valence-electron chi connectivity index (χ0n) is 13.4. The fourth-order valence-corrected chi connectivity index (χ4v) is 2.05. The molecule has 0 fully saturated rings. The molecule has 0 atom stereocenters. The largest absolute Gasteiger partial charge is 0.493 e. The van der Waals surface area contributed by atoms with Gasteiger partial charge in [0.25, 0.3) is 0 Å². The van der Waals surface area contributed by atoms with Gasteiger partial charge in [-0.3, -0.25) is 4.79 Å². The Hall–Kier alpha value is -2.86. The van der Waals surface area contributed by atoms with E-state index in [-0.39, 0.29) is 19.0 Å². The van der Waals surface area contributed by atoms with Crippen LogP contribution >= 0.6 is 0 Å². The molecule has 1 N–H and O–H groups in total. The fraction of sp³-hybridized carbons (Fsp3) is 0.222. The topological polar surface area (TPSA) is 82.1 Å². The highest BCUT2D eigenvalue weighted by Gasteiger charge is 2.14. The molecular weight excluding hydrogens is 312 g/mol. The van der Waals surface area contributed by atoms with Gasteiger partial charge in [-0.25, -0.2) is 4.79 Å². The Bertz CT molecular complexity index is 721. The monoisotopic (exact) mass is 330 g/mol. The molecule has 6 heteroatoms. The Morgan fingerprint density at radius 2 is 1.54 bits per heavy atom. The second-order valence-corrected chi connectivity index (χ2v) is 4.92. The summed E-state index contributed by atoms with van der Waals surface area (Å²) in [5.41, 5.74) is 1.36. The Balaban J connectivity index is 2.00. The van der Waals surface area contributed by atoms with Gasteiger partial charge in [-0.05, 0) is 35.9 Å². The second-order valence-electron chi connectivity index (χ2n) is 4.92. The second kappa shape index (κ2) is 8.12. The van der Waals surface area contributed by atoms with Crippen molar-refractivity contribution in [1.82, 2.24) is 0 Å². The van der Waals surface area contributed by atoms with Gasteiger partial charge in [-0.1, -0.05) is 12.1 Å². The van der Waals surface area contributed by atoms with Gasteiger partial charge in [0, 0.05) is 5.56 Å². The molecule has 2 rings (SSSR count). The van der Waals surface area contributed by atoms with E-state index in [0.29, 0.717) is 28.2 Å². The van der Waals surface area contributed by atoms with Crippen molar-refractivity contribution in [2.45, 2.75) is 6.61 Å². The van der Waals surface area contributed by atoms with Crippen molar-refractivity contribution in [2.24, 2.45) is 0 Å². The molecule has 0 aromatic heterocycles. The minimum absolute atomic E-state index is 0.104. The normalized spacial score (nSPS) is 10.1. The van der Waals surface area contributed by atoms with Crippen molar-refractivity contribution in [3.8, 4) is 11.5 Å². The van der Waals surface area contributed by atoms with Crippen LogP contribution in [-0.4, -0.2) is 37.7 Å². The van der Waals surface area contributed by atoms with Crippen LogP contribution in [0.1, 0.15) is 26.3 Å². The lowest BCUT2D eigenvalue weighted by molar-refractivity contribution is 0.0474. The van der Waals surface area contributed by atoms with Crippen molar-refractivity contribution in [3.05, 3.63) is 59.2 Å². The summed E-state index contributed by atoms with van der Waals surface area (Å²) in [6.07, 6.45) is 0. The van der Waals surface area contributed by atoms with E-state index in [1.807, 2.05) is 0 Å². The maximum absolute atomic E-state index is 12.1. The van der Waals surface area contributed by atoms with Gasteiger partial charge in [0.15, 0.2) is 23.9 Å². The summed E-state index contributed by atoms with van der Waals surface area (Å²) >= 11 is 0. The van der Waals surface area contributed by atoms with Crippen LogP contribution in [0.2, 0.25) is 0 Å². The molecule has 0 radical (unpaired) electrons. The van der Waals surface area contributed by atoms with Crippen molar-refractivity contribution in [3.63, 3.8) is 0 Å². The quantitative estimate of drug-likeness (QED) is 0.619. The standard InChI is InChI=1S/C18H18O6/c1-22-16-8-7-14(9-17(16)23-2)15(20)11-24-18(21)13-5-3-12(10-19)4-6-13/h3-9,19H,10-11H2,1-2H3. The lowest BCUT2D eigenvalue weighted by Gasteiger charge is -2.09. The highest BCUT2D eigenvalue weighted by atomic mass is 16.5. The van der Waals surface area contributed by atoms with Crippen LogP contribution < -0.4 is 9.47 Å². The lowest BCUT2D eigenvalue weighted by Crippen LogP contribution is -2.14. The van der Waals surface area contributed by atoms with Gasteiger partial charge >= 0.3 is 5.97 Å². The lowest BCUT2D eigenvalue weighted by atomic mass is 10.1. The van der Waals surface area contributed by atoms with Crippen LogP contribution in [0, 0.1) is 0 Å². The number of methoxy groups -OCH3 is 2. The Kier molecular flexibility index (Phi) is 5.92. The number of carbonyl (C=O) groups is 2. The number of ether oxygens (including phenoxy) is 3. The number of esters is 1. The molecular formula is C18H18O6. The molecule has 2 aromatic carbocycles. The average Bonchev–Trinajstić information content (AvgIpc) is 2.65. The average molecular weight is 330 g/mol. The molecule has 0 amide bonds. The number of aliphatic hydroxyl groups excluding tert-OH is 1. The zero-order valence-corrected chi connectivity index (χ0v) is 13.4. The van der Waals surface area contributed by atoms with Gasteiger partial charge in [0.05, 0.1) is 26.4 Å². The van der Waals surface area contributed by atoms with Gasteiger partial charge in [-0.15, -0.1) is 0 Å². The highest BCUT2D eigenvalue weighted by molar-refractivity contribution is 5.99. The Morgan fingerprint density at radius 3 is 2.12 bits per heavy atom. The summed E-state index contributed by atoms with van der Waals surface area (Å²) in [6.45, 7) is -0.483. The summed E-state index contributed by atoms with van der Waals surface area (Å²) in [4.78, 5) is 24.1. The van der Waals surface area contributed by atoms with Crippen molar-refractivity contribution >= 4 is 11.8 Å². The predicted octanol–water partition coefficient (Wildman–Crippen LogP) is 2.24. The predicted molar refractivity (Wildman–Crippen MR) is 86.5 cm³/mol. The molecule has 0 heterocycles. The molecule has 0 spiro atoms. The third kappa shape index (κ3) is 4.11. The molecule has 6 nitrogen and oxygen atoms in total. The number of rotatable bonds is 7. The molecule has 0 aliphatic rings. The van der Waals surface area contributed by atoms with Gasteiger partial charge < -0.3 is 19.3 Å². The molecule has 2 aromatic rings. The number of ketones is 1. The number of benzene rings is 2. The summed E-state index contributed by atoms with van der Waals surface area (Å²) in [5, 5.41) is 8.97. The third-order valence-electron chi connectivity index (χ3n) is 3.41. The van der Waals surface area contributed by atoms with E-state index in [0.717, 1.165) is 0 Å². The third-order valence-corrected chi connectivity index (χ3v) is 3.41. The first-order chi connectivity index (χ1) is 11.6. The first kappa shape index (κ1) is 17.5. The maximum atomic E-state index is 12.1. The van der Waals surface area contributed by atoms with E-state index in [1.165, 1.54) is 32.4 Å². The van der Waals surface area contributed by atoms with Crippen LogP contribution in [0.4, 0.5) is 0 Å². The number of aliphatic hydroxyl groups is 1. The maximum Gasteiger partial charge on any atom is 0.338 e. The van der Waals surface area contributed by atoms with Crippen LogP contribution in [0.25, 0.3) is 0 Å². The van der Waals surface area contributed by atoms with E-state index >= 15 is 0 Å². The number of hydrogen-bond donors (Lipinski definition) is 1. The smallest absolute Gasteiger partial charge is 0.338 e. The zero-order chi connectivity index (χ0) is 17.5. The number of carbonyl (C=O) groups excluding carboxylic acids is 2. The van der Waals surface area contributed by atoms with E-state index in [9.17, 15) is 9.59 Å². The van der Waals surface area contributed by atoms with Gasteiger partial charge in [0.2, 0.25) is 0 Å². The van der Waals surface area contributed by atoms with Crippen molar-refractivity contribution in [1.29, 1.82) is 0 Å². The highest BCUT2D eigenvalue weighted by Crippen LogP contribution is 2.27. The summed E-state index contributed by atoms with van der Waals surface area (Å²) in [7, 11) is 2.98. The van der Waals surface area contributed by atoms with E-state index < -0.39 is 5.97 Å². The first-order valence-corrected chi connectivity index (χ1v) is 7.21. The van der Waals surface area contributed by atoms with Crippen LogP contribution in [0.5, 0.6) is 11.5 Å². The van der Waals surface area contributed by atoms with Gasteiger partial charge in [0.1, 0.15) is 0 Å². The Morgan fingerprint density at radius 1 is 0.917 bits per heavy atom. The fourth-order valence-electron chi connectivity index (χ4n) is 2.05. The summed E-state index contributed by atoms with van der Waals surface area (Å²) in [5.74, 6) is -0.0196. The summed E-state index contributed by atoms with van der Waals surface area (Å²) in [6, 6.07) is 11.0. The van der Waals surface area contributed by atoms with E-state index in [2.05, 4.69) is 0 Å². The van der Waals surface area contributed by atoms with E-state index in [1.54, 1.807) is 24.3 Å².